The predicted molar refractivity (Wildman–Crippen MR) is 109 cm³/mol. The Morgan fingerprint density at radius 1 is 1.04 bits per heavy atom. The Morgan fingerprint density at radius 2 is 1.75 bits per heavy atom. The lowest BCUT2D eigenvalue weighted by Crippen LogP contribution is -2.12. The molecule has 5 heteroatoms. The summed E-state index contributed by atoms with van der Waals surface area (Å²) in [6.07, 6.45) is 2.88. The molecule has 0 aliphatic rings. The Morgan fingerprint density at radius 3 is 2.36 bits per heavy atom. The highest BCUT2D eigenvalue weighted by Crippen LogP contribution is 2.28. The number of Topliss-reactive ketones (excluding diaryl/α,β-unsaturated/α-hetero) is 1. The largest absolute Gasteiger partial charge is 0.493 e. The predicted octanol–water partition coefficient (Wildman–Crippen LogP) is 4.66. The Balaban J connectivity index is 1.92. The quantitative estimate of drug-likeness (QED) is 0.359. The molecule has 0 unspecified atom stereocenters. The molecule has 0 N–H and O–H groups in total. The molecule has 2 aromatic rings. The highest BCUT2D eigenvalue weighted by Gasteiger charge is 2.09. The molecule has 0 saturated heterocycles. The number of esters is 1. The molecule has 0 saturated carbocycles. The van der Waals surface area contributed by atoms with Gasteiger partial charge in [-0.2, -0.15) is 0 Å². The van der Waals surface area contributed by atoms with Gasteiger partial charge in [0, 0.05) is 11.6 Å². The summed E-state index contributed by atoms with van der Waals surface area (Å²) in [7, 11) is 1.55. The van der Waals surface area contributed by atoms with Crippen molar-refractivity contribution in [1.82, 2.24) is 0 Å². The van der Waals surface area contributed by atoms with Crippen LogP contribution in [0.4, 0.5) is 0 Å². The fourth-order valence-electron chi connectivity index (χ4n) is 2.55. The number of methoxy groups -OCH3 is 1. The van der Waals surface area contributed by atoms with Crippen LogP contribution in [-0.2, 0) is 9.53 Å². The molecule has 2 aromatic carbocycles. The van der Waals surface area contributed by atoms with Crippen molar-refractivity contribution in [2.75, 3.05) is 20.3 Å². The van der Waals surface area contributed by atoms with Crippen LogP contribution in [-0.4, -0.2) is 32.1 Å². The molecule has 148 valence electrons. The molecule has 0 atom stereocenters. The number of benzene rings is 2. The average molecular weight is 382 g/mol. The van der Waals surface area contributed by atoms with E-state index in [0.717, 1.165) is 11.1 Å². The van der Waals surface area contributed by atoms with Crippen molar-refractivity contribution >= 4 is 17.8 Å². The van der Waals surface area contributed by atoms with E-state index < -0.39 is 5.97 Å². The van der Waals surface area contributed by atoms with Gasteiger partial charge in [0.05, 0.1) is 13.7 Å². The molecule has 0 heterocycles. The van der Waals surface area contributed by atoms with E-state index in [2.05, 4.69) is 13.8 Å². The normalized spacial score (nSPS) is 10.9. The summed E-state index contributed by atoms with van der Waals surface area (Å²) >= 11 is 0. The van der Waals surface area contributed by atoms with Crippen molar-refractivity contribution in [2.24, 2.45) is 0 Å². The number of rotatable bonds is 9. The van der Waals surface area contributed by atoms with Crippen LogP contribution in [0.1, 0.15) is 48.2 Å². The molecular weight excluding hydrogens is 356 g/mol. The van der Waals surface area contributed by atoms with Crippen LogP contribution >= 0.6 is 0 Å². The van der Waals surface area contributed by atoms with Crippen molar-refractivity contribution in [1.29, 1.82) is 0 Å². The molecule has 0 radical (unpaired) electrons. The Kier molecular flexibility index (Phi) is 7.81. The van der Waals surface area contributed by atoms with E-state index in [-0.39, 0.29) is 12.4 Å². The minimum atomic E-state index is -0.583. The molecule has 0 spiro atoms. The van der Waals surface area contributed by atoms with Crippen LogP contribution in [0.2, 0.25) is 0 Å². The minimum Gasteiger partial charge on any atom is -0.493 e. The zero-order valence-electron chi connectivity index (χ0n) is 16.7. The topological polar surface area (TPSA) is 61.8 Å². The van der Waals surface area contributed by atoms with Gasteiger partial charge in [-0.25, -0.2) is 4.79 Å². The summed E-state index contributed by atoms with van der Waals surface area (Å²) in [4.78, 5) is 24.1. The lowest BCUT2D eigenvalue weighted by atomic mass is 10.0. The third-order valence-corrected chi connectivity index (χ3v) is 4.14. The summed E-state index contributed by atoms with van der Waals surface area (Å²) in [6, 6.07) is 12.7. The molecule has 0 aliphatic heterocycles. The van der Waals surface area contributed by atoms with E-state index in [9.17, 15) is 9.59 Å². The van der Waals surface area contributed by atoms with Gasteiger partial charge in [-0.05, 0) is 42.2 Å². The van der Waals surface area contributed by atoms with Crippen molar-refractivity contribution in [3.63, 3.8) is 0 Å². The summed E-state index contributed by atoms with van der Waals surface area (Å²) < 4.78 is 15.8. The van der Waals surface area contributed by atoms with E-state index in [1.165, 1.54) is 6.08 Å². The van der Waals surface area contributed by atoms with Gasteiger partial charge < -0.3 is 14.2 Å². The second-order valence-corrected chi connectivity index (χ2v) is 6.48. The number of hydrogen-bond donors (Lipinski definition) is 0. The van der Waals surface area contributed by atoms with Gasteiger partial charge in [-0.1, -0.05) is 44.2 Å². The standard InChI is InChI=1S/C23H26O5/c1-5-27-21-12-6-17(14-22(21)26-4)7-13-23(25)28-15-20(24)19-10-8-18(9-11-19)16(2)3/h6-14,16H,5,15H2,1-4H3/b13-7+. The van der Waals surface area contributed by atoms with Crippen molar-refractivity contribution in [3.8, 4) is 11.5 Å². The SMILES string of the molecule is CCOc1ccc(/C=C/C(=O)OCC(=O)c2ccc(C(C)C)cc2)cc1OC. The molecule has 0 aromatic heterocycles. The lowest BCUT2D eigenvalue weighted by molar-refractivity contribution is -0.136. The fourth-order valence-corrected chi connectivity index (χ4v) is 2.55. The van der Waals surface area contributed by atoms with Crippen molar-refractivity contribution in [3.05, 3.63) is 65.2 Å². The highest BCUT2D eigenvalue weighted by atomic mass is 16.5. The van der Waals surface area contributed by atoms with Crippen LogP contribution in [0.15, 0.2) is 48.5 Å². The average Bonchev–Trinajstić information content (AvgIpc) is 2.71. The molecule has 0 aliphatic carbocycles. The number of ketones is 1. The van der Waals surface area contributed by atoms with Crippen molar-refractivity contribution in [2.45, 2.75) is 26.7 Å². The fraction of sp³-hybridized carbons (Fsp3) is 0.304. The first-order valence-electron chi connectivity index (χ1n) is 9.23. The van der Waals surface area contributed by atoms with Crippen LogP contribution in [0.25, 0.3) is 6.08 Å². The molecule has 2 rings (SSSR count). The Hall–Kier alpha value is -3.08. The minimum absolute atomic E-state index is 0.236. The Labute approximate surface area is 165 Å². The summed E-state index contributed by atoms with van der Waals surface area (Å²) in [6.45, 7) is 6.31. The van der Waals surface area contributed by atoms with E-state index in [1.807, 2.05) is 19.1 Å². The zero-order valence-corrected chi connectivity index (χ0v) is 16.7. The monoisotopic (exact) mass is 382 g/mol. The third kappa shape index (κ3) is 5.98. The summed E-state index contributed by atoms with van der Waals surface area (Å²) in [5.41, 5.74) is 2.44. The van der Waals surface area contributed by atoms with Crippen LogP contribution in [0.5, 0.6) is 11.5 Å². The number of carbonyl (C=O) groups is 2. The maximum Gasteiger partial charge on any atom is 0.331 e. The van der Waals surface area contributed by atoms with E-state index >= 15 is 0 Å². The number of carbonyl (C=O) groups excluding carboxylic acids is 2. The van der Waals surface area contributed by atoms with E-state index in [1.54, 1.807) is 43.5 Å². The smallest absolute Gasteiger partial charge is 0.331 e. The van der Waals surface area contributed by atoms with Gasteiger partial charge in [0.1, 0.15) is 0 Å². The first-order valence-corrected chi connectivity index (χ1v) is 9.23. The first kappa shape index (κ1) is 21.2. The maximum atomic E-state index is 12.2. The number of hydrogen-bond acceptors (Lipinski definition) is 5. The second kappa shape index (κ2) is 10.3. The zero-order chi connectivity index (χ0) is 20.5. The van der Waals surface area contributed by atoms with Gasteiger partial charge in [-0.3, -0.25) is 4.79 Å². The van der Waals surface area contributed by atoms with Crippen molar-refractivity contribution < 1.29 is 23.8 Å². The third-order valence-electron chi connectivity index (χ3n) is 4.14. The van der Waals surface area contributed by atoms with Crippen LogP contribution in [0, 0.1) is 0 Å². The first-order chi connectivity index (χ1) is 13.4. The van der Waals surface area contributed by atoms with E-state index in [0.29, 0.717) is 29.6 Å². The number of ether oxygens (including phenoxy) is 3. The lowest BCUT2D eigenvalue weighted by Gasteiger charge is -2.09. The van der Waals surface area contributed by atoms with Gasteiger partial charge in [0.25, 0.3) is 0 Å². The maximum absolute atomic E-state index is 12.2. The molecule has 5 nitrogen and oxygen atoms in total. The van der Waals surface area contributed by atoms with E-state index in [4.69, 9.17) is 14.2 Å². The molecular formula is C23H26O5. The van der Waals surface area contributed by atoms with Gasteiger partial charge >= 0.3 is 5.97 Å². The highest BCUT2D eigenvalue weighted by molar-refractivity contribution is 5.98. The van der Waals surface area contributed by atoms with Gasteiger partial charge in [-0.15, -0.1) is 0 Å². The second-order valence-electron chi connectivity index (χ2n) is 6.48. The molecule has 0 fully saturated rings. The molecule has 0 bridgehead atoms. The molecule has 0 amide bonds. The van der Waals surface area contributed by atoms with Gasteiger partial charge in [0.2, 0.25) is 0 Å². The molecule has 28 heavy (non-hydrogen) atoms. The van der Waals surface area contributed by atoms with Gasteiger partial charge in [0.15, 0.2) is 23.9 Å². The van der Waals surface area contributed by atoms with Crippen LogP contribution in [0.3, 0.4) is 0 Å². The van der Waals surface area contributed by atoms with Crippen LogP contribution < -0.4 is 9.47 Å². The summed E-state index contributed by atoms with van der Waals surface area (Å²) in [5.74, 6) is 0.796. The Bertz CT molecular complexity index is 835. The summed E-state index contributed by atoms with van der Waals surface area (Å²) in [5, 5.41) is 0.